The van der Waals surface area contributed by atoms with Crippen LogP contribution in [0.2, 0.25) is 0 Å². The van der Waals surface area contributed by atoms with Crippen molar-refractivity contribution in [3.8, 4) is 0 Å². The van der Waals surface area contributed by atoms with Gasteiger partial charge in [0.2, 0.25) is 0 Å². The number of nitrogens with one attached hydrogen (secondary N) is 1. The van der Waals surface area contributed by atoms with Crippen molar-refractivity contribution < 1.29 is 5.11 Å². The van der Waals surface area contributed by atoms with E-state index in [9.17, 15) is 5.11 Å². The molecule has 3 heterocycles. The fraction of sp³-hybridized carbons (Fsp3) is 0.412. The molecule has 2 aliphatic heterocycles. The first kappa shape index (κ1) is 14.8. The molecule has 120 valence electrons. The molecule has 5 nitrogen and oxygen atoms in total. The summed E-state index contributed by atoms with van der Waals surface area (Å²) >= 11 is 1.95. The number of aliphatic hydroxyl groups excluding tert-OH is 1. The van der Waals surface area contributed by atoms with Crippen molar-refractivity contribution in [2.75, 3.05) is 23.3 Å². The maximum absolute atomic E-state index is 9.66. The van der Waals surface area contributed by atoms with E-state index in [-0.39, 0.29) is 4.87 Å². The molecular weight excluding hydrogens is 308 g/mol. The van der Waals surface area contributed by atoms with Gasteiger partial charge >= 0.3 is 0 Å². The Labute approximate surface area is 140 Å². The van der Waals surface area contributed by atoms with Crippen LogP contribution in [0.1, 0.15) is 31.7 Å². The summed E-state index contributed by atoms with van der Waals surface area (Å²) in [6.45, 7) is 3.59. The van der Waals surface area contributed by atoms with Crippen LogP contribution >= 0.6 is 11.8 Å². The highest BCUT2D eigenvalue weighted by molar-refractivity contribution is 8.01. The lowest BCUT2D eigenvalue weighted by atomic mass is 10.0. The minimum Gasteiger partial charge on any atom is -0.385 e. The summed E-state index contributed by atoms with van der Waals surface area (Å²) < 4.78 is 0. The van der Waals surface area contributed by atoms with E-state index in [2.05, 4.69) is 44.5 Å². The van der Waals surface area contributed by atoms with Gasteiger partial charge in [-0.15, -0.1) is 0 Å². The third-order valence-electron chi connectivity index (χ3n) is 4.48. The number of anilines is 2. The maximum atomic E-state index is 9.66. The van der Waals surface area contributed by atoms with E-state index in [1.165, 1.54) is 10.6 Å². The van der Waals surface area contributed by atoms with Gasteiger partial charge in [0.05, 0.1) is 4.87 Å². The lowest BCUT2D eigenvalue weighted by molar-refractivity contribution is 0.189. The summed E-state index contributed by atoms with van der Waals surface area (Å²) in [5, 5.41) is 13.4. The number of piperidine rings is 1. The van der Waals surface area contributed by atoms with Gasteiger partial charge in [-0.3, -0.25) is 0 Å². The van der Waals surface area contributed by atoms with Gasteiger partial charge in [-0.25, -0.2) is 9.97 Å². The molecule has 0 bridgehead atoms. The summed E-state index contributed by atoms with van der Waals surface area (Å²) in [5.41, 5.74) is 1.25. The number of fused-ring (bicyclic) bond motifs is 1. The highest BCUT2D eigenvalue weighted by Gasteiger charge is 2.40. The first-order valence-electron chi connectivity index (χ1n) is 7.97. The van der Waals surface area contributed by atoms with Gasteiger partial charge in [0.15, 0.2) is 5.82 Å². The Kier molecular flexibility index (Phi) is 3.66. The van der Waals surface area contributed by atoms with Crippen molar-refractivity contribution in [1.82, 2.24) is 9.97 Å². The summed E-state index contributed by atoms with van der Waals surface area (Å²) in [6, 6.07) is 10.4. The molecule has 1 atom stereocenters. The zero-order valence-electron chi connectivity index (χ0n) is 13.1. The van der Waals surface area contributed by atoms with Crippen LogP contribution in [0.25, 0.3) is 0 Å². The minimum atomic E-state index is -0.632. The molecule has 2 N–H and O–H groups in total. The molecule has 0 radical (unpaired) electrons. The van der Waals surface area contributed by atoms with E-state index >= 15 is 0 Å². The van der Waals surface area contributed by atoms with Gasteiger partial charge in [-0.05, 0) is 38.0 Å². The average Bonchev–Trinajstić information content (AvgIpc) is 2.93. The average molecular weight is 328 g/mol. The van der Waals surface area contributed by atoms with E-state index in [4.69, 9.17) is 0 Å². The van der Waals surface area contributed by atoms with Crippen LogP contribution in [0.3, 0.4) is 0 Å². The Morgan fingerprint density at radius 3 is 2.78 bits per heavy atom. The lowest BCUT2D eigenvalue weighted by Crippen LogP contribution is -2.45. The molecule has 1 saturated heterocycles. The maximum Gasteiger partial charge on any atom is 0.158 e. The van der Waals surface area contributed by atoms with Crippen LogP contribution in [0.4, 0.5) is 11.5 Å². The van der Waals surface area contributed by atoms with Crippen molar-refractivity contribution >= 4 is 23.3 Å². The number of aliphatic hydroxyl groups is 1. The molecular formula is C17H20N4OS. The topological polar surface area (TPSA) is 61.3 Å². The molecule has 4 rings (SSSR count). The van der Waals surface area contributed by atoms with Crippen LogP contribution in [-0.4, -0.2) is 33.0 Å². The van der Waals surface area contributed by atoms with Crippen molar-refractivity contribution in [1.29, 1.82) is 0 Å². The molecule has 1 aromatic carbocycles. The molecule has 1 aromatic heterocycles. The quantitative estimate of drug-likeness (QED) is 0.883. The van der Waals surface area contributed by atoms with Crippen LogP contribution < -0.4 is 10.2 Å². The second-order valence-electron chi connectivity index (χ2n) is 6.15. The summed E-state index contributed by atoms with van der Waals surface area (Å²) in [4.78, 5) is 12.4. The fourth-order valence-corrected chi connectivity index (χ4v) is 4.55. The van der Waals surface area contributed by atoms with Crippen LogP contribution in [0, 0.1) is 0 Å². The molecule has 0 amide bonds. The van der Waals surface area contributed by atoms with E-state index < -0.39 is 6.10 Å². The van der Waals surface area contributed by atoms with E-state index in [0.717, 1.165) is 31.7 Å². The Balaban J connectivity index is 1.47. The first-order chi connectivity index (χ1) is 11.2. The minimum absolute atomic E-state index is 0.111. The first-order valence-corrected chi connectivity index (χ1v) is 8.79. The number of benzene rings is 1. The van der Waals surface area contributed by atoms with Crippen LogP contribution in [-0.2, 0) is 0 Å². The lowest BCUT2D eigenvalue weighted by Gasteiger charge is -2.39. The zero-order chi connectivity index (χ0) is 15.9. The molecule has 2 aliphatic rings. The predicted molar refractivity (Wildman–Crippen MR) is 92.8 cm³/mol. The van der Waals surface area contributed by atoms with Crippen molar-refractivity contribution in [2.24, 2.45) is 0 Å². The summed E-state index contributed by atoms with van der Waals surface area (Å²) in [6.07, 6.45) is 3.21. The van der Waals surface area contributed by atoms with Crippen molar-refractivity contribution in [3.05, 3.63) is 42.4 Å². The van der Waals surface area contributed by atoms with Gasteiger partial charge in [0.25, 0.3) is 0 Å². The SMILES string of the molecule is C[C@@H](O)c1nccc(N2CCC3(CC2)Nc2ccccc2S3)n1. The molecule has 0 aliphatic carbocycles. The molecule has 1 spiro atoms. The number of rotatable bonds is 2. The Morgan fingerprint density at radius 2 is 2.04 bits per heavy atom. The Bertz CT molecular complexity index is 686. The third kappa shape index (κ3) is 2.77. The normalized spacial score (nSPS) is 20.2. The van der Waals surface area contributed by atoms with E-state index in [1.54, 1.807) is 13.1 Å². The molecule has 23 heavy (non-hydrogen) atoms. The second kappa shape index (κ2) is 5.69. The van der Waals surface area contributed by atoms with Crippen LogP contribution in [0.15, 0.2) is 41.4 Å². The van der Waals surface area contributed by atoms with Gasteiger partial charge < -0.3 is 15.3 Å². The number of aromatic nitrogens is 2. The van der Waals surface area contributed by atoms with Crippen molar-refractivity contribution in [3.63, 3.8) is 0 Å². The number of nitrogens with zero attached hydrogens (tertiary/aromatic N) is 3. The van der Waals surface area contributed by atoms with Gasteiger partial charge in [0, 0.05) is 29.9 Å². The third-order valence-corrected chi connectivity index (χ3v) is 5.96. The molecule has 6 heteroatoms. The Morgan fingerprint density at radius 1 is 1.26 bits per heavy atom. The number of para-hydroxylation sites is 1. The smallest absolute Gasteiger partial charge is 0.158 e. The fourth-order valence-electron chi connectivity index (χ4n) is 3.21. The van der Waals surface area contributed by atoms with E-state index in [0.29, 0.717) is 5.82 Å². The summed E-state index contributed by atoms with van der Waals surface area (Å²) in [5.74, 6) is 1.40. The van der Waals surface area contributed by atoms with Crippen LogP contribution in [0.5, 0.6) is 0 Å². The Hall–Kier alpha value is -1.79. The highest BCUT2D eigenvalue weighted by atomic mass is 32.2. The molecule has 2 aromatic rings. The zero-order valence-corrected chi connectivity index (χ0v) is 13.9. The predicted octanol–water partition coefficient (Wildman–Crippen LogP) is 3.04. The second-order valence-corrected chi connectivity index (χ2v) is 7.58. The molecule has 0 saturated carbocycles. The van der Waals surface area contributed by atoms with Crippen molar-refractivity contribution in [2.45, 2.75) is 35.6 Å². The standard InChI is InChI=1S/C17H20N4OS/c1-12(22)16-18-9-6-15(19-16)21-10-7-17(8-11-21)20-13-4-2-3-5-14(13)23-17/h2-6,9,12,20,22H,7-8,10-11H2,1H3/t12-/m1/s1. The van der Waals surface area contributed by atoms with Gasteiger partial charge in [-0.2, -0.15) is 0 Å². The largest absolute Gasteiger partial charge is 0.385 e. The monoisotopic (exact) mass is 328 g/mol. The molecule has 1 fully saturated rings. The highest BCUT2D eigenvalue weighted by Crippen LogP contribution is 2.50. The summed E-state index contributed by atoms with van der Waals surface area (Å²) in [7, 11) is 0. The van der Waals surface area contributed by atoms with E-state index in [1.807, 2.05) is 17.8 Å². The number of thioether (sulfide) groups is 1. The number of hydrogen-bond donors (Lipinski definition) is 2. The van der Waals surface area contributed by atoms with Gasteiger partial charge in [-0.1, -0.05) is 23.9 Å². The van der Waals surface area contributed by atoms with Gasteiger partial charge in [0.1, 0.15) is 11.9 Å². The molecule has 0 unspecified atom stereocenters. The number of hydrogen-bond acceptors (Lipinski definition) is 6.